The van der Waals surface area contributed by atoms with E-state index in [0.717, 1.165) is 11.3 Å². The molecule has 0 unspecified atom stereocenters. The molecule has 2 rings (SSSR count). The predicted octanol–water partition coefficient (Wildman–Crippen LogP) is 2.02. The summed E-state index contributed by atoms with van der Waals surface area (Å²) in [5.74, 6) is 1.71. The number of urea groups is 1. The van der Waals surface area contributed by atoms with Gasteiger partial charge in [-0.15, -0.1) is 11.8 Å². The molecule has 0 aromatic heterocycles. The maximum Gasteiger partial charge on any atom is 0.325 e. The minimum atomic E-state index is -0.447. The zero-order chi connectivity index (χ0) is 17.5. The summed E-state index contributed by atoms with van der Waals surface area (Å²) in [6.45, 7) is 2.48. The van der Waals surface area contributed by atoms with Gasteiger partial charge in [-0.1, -0.05) is 0 Å². The smallest absolute Gasteiger partial charge is 0.325 e. The second-order valence-corrected chi connectivity index (χ2v) is 6.21. The van der Waals surface area contributed by atoms with E-state index in [9.17, 15) is 9.59 Å². The van der Waals surface area contributed by atoms with Crippen LogP contribution in [0.5, 0.6) is 11.5 Å². The van der Waals surface area contributed by atoms with Crippen molar-refractivity contribution in [3.8, 4) is 11.5 Å². The van der Waals surface area contributed by atoms with E-state index < -0.39 is 5.97 Å². The second-order valence-electron chi connectivity index (χ2n) is 5.03. The number of thioether (sulfide) groups is 1. The molecule has 1 fully saturated rings. The highest BCUT2D eigenvalue weighted by atomic mass is 32.2. The van der Waals surface area contributed by atoms with Crippen molar-refractivity contribution in [2.24, 2.45) is 0 Å². The van der Waals surface area contributed by atoms with Crippen LogP contribution >= 0.6 is 11.8 Å². The zero-order valence-electron chi connectivity index (χ0n) is 14.0. The summed E-state index contributed by atoms with van der Waals surface area (Å²) >= 11 is 1.65. The molecule has 7 nitrogen and oxygen atoms in total. The van der Waals surface area contributed by atoms with Crippen molar-refractivity contribution >= 4 is 23.8 Å². The van der Waals surface area contributed by atoms with Gasteiger partial charge in [0.1, 0.15) is 23.4 Å². The third kappa shape index (κ3) is 4.47. The summed E-state index contributed by atoms with van der Waals surface area (Å²) in [5, 5.41) is 2.45. The average Bonchev–Trinajstić information content (AvgIpc) is 3.09. The Morgan fingerprint density at radius 3 is 2.50 bits per heavy atom. The Hall–Kier alpha value is -2.09. The second kappa shape index (κ2) is 8.68. The third-order valence-corrected chi connectivity index (χ3v) is 4.76. The number of benzene rings is 1. The zero-order valence-corrected chi connectivity index (χ0v) is 14.9. The van der Waals surface area contributed by atoms with Gasteiger partial charge in [0.25, 0.3) is 0 Å². The monoisotopic (exact) mass is 354 g/mol. The molecule has 1 aromatic carbocycles. The molecule has 0 saturated carbocycles. The van der Waals surface area contributed by atoms with Crippen molar-refractivity contribution in [3.05, 3.63) is 23.8 Å². The Labute approximate surface area is 145 Å². The van der Waals surface area contributed by atoms with E-state index in [4.69, 9.17) is 14.2 Å². The number of esters is 1. The number of ether oxygens (including phenoxy) is 3. The van der Waals surface area contributed by atoms with Gasteiger partial charge in [0.05, 0.1) is 20.8 Å². The minimum absolute atomic E-state index is 0.137. The Bertz CT molecular complexity index is 574. The number of amides is 2. The van der Waals surface area contributed by atoms with E-state index in [0.29, 0.717) is 24.7 Å². The van der Waals surface area contributed by atoms with Crippen LogP contribution in [0.4, 0.5) is 4.79 Å². The molecule has 1 aromatic rings. The van der Waals surface area contributed by atoms with E-state index in [-0.39, 0.29) is 17.9 Å². The van der Waals surface area contributed by atoms with Crippen LogP contribution in [-0.4, -0.2) is 56.6 Å². The largest absolute Gasteiger partial charge is 0.497 e. The Balaban J connectivity index is 2.09. The van der Waals surface area contributed by atoms with Crippen molar-refractivity contribution in [3.63, 3.8) is 0 Å². The number of rotatable bonds is 6. The van der Waals surface area contributed by atoms with Crippen molar-refractivity contribution in [2.45, 2.75) is 12.3 Å². The van der Waals surface area contributed by atoms with Gasteiger partial charge in [-0.3, -0.25) is 4.79 Å². The number of hydrogen-bond donors (Lipinski definition) is 1. The third-order valence-electron chi connectivity index (χ3n) is 3.50. The first kappa shape index (κ1) is 18.3. The van der Waals surface area contributed by atoms with Gasteiger partial charge < -0.3 is 24.4 Å². The number of carbonyl (C=O) groups excluding carboxylic acids is 2. The SMILES string of the molecule is CCOC(=O)CNC(=O)N1CCS[C@@H]1c1cc(OC)cc(OC)c1. The van der Waals surface area contributed by atoms with Crippen molar-refractivity contribution < 1.29 is 23.8 Å². The van der Waals surface area contributed by atoms with Gasteiger partial charge in [0.2, 0.25) is 0 Å². The molecule has 2 amide bonds. The lowest BCUT2D eigenvalue weighted by Gasteiger charge is -2.25. The molecule has 0 aliphatic carbocycles. The minimum Gasteiger partial charge on any atom is -0.497 e. The summed E-state index contributed by atoms with van der Waals surface area (Å²) in [6, 6.07) is 5.27. The molecule has 1 N–H and O–H groups in total. The molecule has 1 heterocycles. The first-order valence-corrected chi connectivity index (χ1v) is 8.68. The fourth-order valence-electron chi connectivity index (χ4n) is 2.39. The molecule has 1 aliphatic rings. The van der Waals surface area contributed by atoms with Crippen molar-refractivity contribution in [2.75, 3.05) is 39.7 Å². The molecule has 0 radical (unpaired) electrons. The van der Waals surface area contributed by atoms with Crippen LogP contribution in [0.2, 0.25) is 0 Å². The van der Waals surface area contributed by atoms with Gasteiger partial charge in [-0.05, 0) is 24.6 Å². The van der Waals surface area contributed by atoms with Crippen molar-refractivity contribution in [1.29, 1.82) is 0 Å². The summed E-state index contributed by atoms with van der Waals surface area (Å²) in [6.07, 6.45) is 0. The highest BCUT2D eigenvalue weighted by molar-refractivity contribution is 7.99. The van der Waals surface area contributed by atoms with E-state index in [1.807, 2.05) is 12.1 Å². The van der Waals surface area contributed by atoms with Gasteiger partial charge in [-0.25, -0.2) is 4.79 Å². The Morgan fingerprint density at radius 2 is 1.92 bits per heavy atom. The summed E-state index contributed by atoms with van der Waals surface area (Å²) in [5.41, 5.74) is 0.917. The standard InChI is InChI=1S/C16H22N2O5S/c1-4-23-14(19)10-17-16(20)18-5-6-24-15(18)11-7-12(21-2)9-13(8-11)22-3/h7-9,15H,4-6,10H2,1-3H3,(H,17,20)/t15-/m1/s1. The van der Waals surface area contributed by atoms with Crippen LogP contribution in [0, 0.1) is 0 Å². The van der Waals surface area contributed by atoms with Crippen LogP contribution in [0.25, 0.3) is 0 Å². The van der Waals surface area contributed by atoms with Crippen LogP contribution in [-0.2, 0) is 9.53 Å². The van der Waals surface area contributed by atoms with Crippen LogP contribution in [0.3, 0.4) is 0 Å². The number of nitrogens with one attached hydrogen (secondary N) is 1. The fraction of sp³-hybridized carbons (Fsp3) is 0.500. The molecule has 24 heavy (non-hydrogen) atoms. The number of carbonyl (C=O) groups is 2. The topological polar surface area (TPSA) is 77.1 Å². The lowest BCUT2D eigenvalue weighted by atomic mass is 10.2. The van der Waals surface area contributed by atoms with Gasteiger partial charge in [-0.2, -0.15) is 0 Å². The highest BCUT2D eigenvalue weighted by Gasteiger charge is 2.31. The van der Waals surface area contributed by atoms with E-state index in [1.165, 1.54) is 0 Å². The summed E-state index contributed by atoms with van der Waals surface area (Å²) < 4.78 is 15.4. The molecular weight excluding hydrogens is 332 g/mol. The molecule has 1 atom stereocenters. The summed E-state index contributed by atoms with van der Waals surface area (Å²) in [7, 11) is 3.17. The Kier molecular flexibility index (Phi) is 6.60. The van der Waals surface area contributed by atoms with Gasteiger partial charge in [0, 0.05) is 18.4 Å². The lowest BCUT2D eigenvalue weighted by molar-refractivity contribution is -0.141. The van der Waals surface area contributed by atoms with Gasteiger partial charge in [0.15, 0.2) is 0 Å². The maximum atomic E-state index is 12.4. The highest BCUT2D eigenvalue weighted by Crippen LogP contribution is 2.40. The molecule has 8 heteroatoms. The first-order valence-electron chi connectivity index (χ1n) is 7.63. The molecule has 0 bridgehead atoms. The predicted molar refractivity (Wildman–Crippen MR) is 91.5 cm³/mol. The van der Waals surface area contributed by atoms with E-state index in [2.05, 4.69) is 5.32 Å². The molecule has 0 spiro atoms. The van der Waals surface area contributed by atoms with E-state index >= 15 is 0 Å². The van der Waals surface area contributed by atoms with Crippen molar-refractivity contribution in [1.82, 2.24) is 10.2 Å². The maximum absolute atomic E-state index is 12.4. The lowest BCUT2D eigenvalue weighted by Crippen LogP contribution is -2.41. The number of hydrogen-bond acceptors (Lipinski definition) is 6. The van der Waals surface area contributed by atoms with E-state index in [1.54, 1.807) is 43.9 Å². The number of nitrogens with zero attached hydrogens (tertiary/aromatic N) is 1. The van der Waals surface area contributed by atoms with Crippen LogP contribution in [0.1, 0.15) is 17.9 Å². The summed E-state index contributed by atoms with van der Waals surface area (Å²) in [4.78, 5) is 25.5. The molecule has 1 saturated heterocycles. The molecule has 132 valence electrons. The Morgan fingerprint density at radius 1 is 1.25 bits per heavy atom. The quantitative estimate of drug-likeness (QED) is 0.788. The van der Waals surface area contributed by atoms with Crippen LogP contribution in [0.15, 0.2) is 18.2 Å². The number of methoxy groups -OCH3 is 2. The normalized spacial score (nSPS) is 16.6. The molecule has 1 aliphatic heterocycles. The average molecular weight is 354 g/mol. The fourth-order valence-corrected chi connectivity index (χ4v) is 3.62. The van der Waals surface area contributed by atoms with Gasteiger partial charge >= 0.3 is 12.0 Å². The molecular formula is C16H22N2O5S. The van der Waals surface area contributed by atoms with Crippen LogP contribution < -0.4 is 14.8 Å². The first-order chi connectivity index (χ1) is 11.6.